The molecular formula is C16H21N3O4S. The molecule has 2 aliphatic rings. The third-order valence-electron chi connectivity index (χ3n) is 4.90. The van der Waals surface area contributed by atoms with Gasteiger partial charge in [0.1, 0.15) is 0 Å². The van der Waals surface area contributed by atoms with Crippen LogP contribution in [-0.2, 0) is 10.0 Å². The van der Waals surface area contributed by atoms with Crippen LogP contribution in [0.15, 0.2) is 26.1 Å². The second-order valence-corrected chi connectivity index (χ2v) is 8.67. The lowest BCUT2D eigenvalue weighted by Gasteiger charge is -2.29. The molecule has 130 valence electrons. The van der Waals surface area contributed by atoms with Crippen molar-refractivity contribution in [2.75, 3.05) is 13.1 Å². The molecule has 2 aromatic heterocycles. The second-order valence-electron chi connectivity index (χ2n) is 6.80. The third kappa shape index (κ3) is 2.77. The lowest BCUT2D eigenvalue weighted by atomic mass is 9.85. The minimum Gasteiger partial charge on any atom is -0.438 e. The van der Waals surface area contributed by atoms with Crippen LogP contribution in [0.25, 0.3) is 11.7 Å². The SMILES string of the molecule is C[C@@H]1CCCN(S(=O)(=O)c2ccc(-c3nnc(C4CCC4)o3)o2)C1. The van der Waals surface area contributed by atoms with E-state index in [2.05, 4.69) is 17.1 Å². The fraction of sp³-hybridized carbons (Fsp3) is 0.625. The van der Waals surface area contributed by atoms with Gasteiger partial charge in [0.15, 0.2) is 5.76 Å². The van der Waals surface area contributed by atoms with E-state index in [-0.39, 0.29) is 11.0 Å². The van der Waals surface area contributed by atoms with E-state index in [0.29, 0.717) is 36.6 Å². The van der Waals surface area contributed by atoms with E-state index in [1.807, 2.05) is 0 Å². The van der Waals surface area contributed by atoms with Crippen molar-refractivity contribution >= 4 is 10.0 Å². The predicted octanol–water partition coefficient (Wildman–Crippen LogP) is 3.02. The first kappa shape index (κ1) is 15.8. The van der Waals surface area contributed by atoms with E-state index in [0.717, 1.165) is 25.7 Å². The van der Waals surface area contributed by atoms with Gasteiger partial charge in [-0.25, -0.2) is 8.42 Å². The molecule has 7 nitrogen and oxygen atoms in total. The summed E-state index contributed by atoms with van der Waals surface area (Å²) in [5, 5.41) is 7.98. The van der Waals surface area contributed by atoms with Crippen LogP contribution in [0.3, 0.4) is 0 Å². The highest BCUT2D eigenvalue weighted by Crippen LogP contribution is 2.37. The number of rotatable bonds is 4. The topological polar surface area (TPSA) is 89.4 Å². The maximum atomic E-state index is 12.7. The summed E-state index contributed by atoms with van der Waals surface area (Å²) in [4.78, 5) is 0. The molecule has 2 aromatic rings. The molecule has 1 aliphatic heterocycles. The molecule has 0 amide bonds. The zero-order valence-corrected chi connectivity index (χ0v) is 14.5. The summed E-state index contributed by atoms with van der Waals surface area (Å²) >= 11 is 0. The minimum atomic E-state index is -3.61. The van der Waals surface area contributed by atoms with Gasteiger partial charge in [0.25, 0.3) is 15.9 Å². The van der Waals surface area contributed by atoms with Crippen LogP contribution in [0.1, 0.15) is 50.8 Å². The Labute approximate surface area is 141 Å². The molecule has 0 bridgehead atoms. The van der Waals surface area contributed by atoms with Crippen LogP contribution < -0.4 is 0 Å². The number of aromatic nitrogens is 2. The van der Waals surface area contributed by atoms with Crippen LogP contribution in [0.2, 0.25) is 0 Å². The predicted molar refractivity (Wildman–Crippen MR) is 85.7 cm³/mol. The molecule has 1 saturated carbocycles. The van der Waals surface area contributed by atoms with E-state index in [9.17, 15) is 8.42 Å². The van der Waals surface area contributed by atoms with Gasteiger partial charge < -0.3 is 8.83 Å². The minimum absolute atomic E-state index is 0.0602. The highest BCUT2D eigenvalue weighted by molar-refractivity contribution is 7.89. The Kier molecular flexibility index (Phi) is 3.96. The Morgan fingerprint density at radius 3 is 2.67 bits per heavy atom. The summed E-state index contributed by atoms with van der Waals surface area (Å²) in [5.41, 5.74) is 0. The average Bonchev–Trinajstić information content (AvgIpc) is 3.14. The van der Waals surface area contributed by atoms with E-state index in [1.54, 1.807) is 6.07 Å². The Balaban J connectivity index is 1.56. The monoisotopic (exact) mass is 351 g/mol. The lowest BCUT2D eigenvalue weighted by molar-refractivity contribution is 0.274. The summed E-state index contributed by atoms with van der Waals surface area (Å²) < 4.78 is 38.1. The van der Waals surface area contributed by atoms with Gasteiger partial charge >= 0.3 is 0 Å². The molecule has 2 fully saturated rings. The molecule has 1 atom stereocenters. The summed E-state index contributed by atoms with van der Waals surface area (Å²) in [7, 11) is -3.61. The molecule has 24 heavy (non-hydrogen) atoms. The first-order chi connectivity index (χ1) is 11.5. The van der Waals surface area contributed by atoms with Crippen molar-refractivity contribution in [1.29, 1.82) is 0 Å². The second kappa shape index (κ2) is 6.00. The number of furan rings is 1. The van der Waals surface area contributed by atoms with Crippen LogP contribution in [0, 0.1) is 5.92 Å². The fourth-order valence-corrected chi connectivity index (χ4v) is 4.73. The van der Waals surface area contributed by atoms with Crippen molar-refractivity contribution < 1.29 is 17.3 Å². The molecule has 1 saturated heterocycles. The maximum absolute atomic E-state index is 12.7. The zero-order valence-electron chi connectivity index (χ0n) is 13.6. The van der Waals surface area contributed by atoms with Gasteiger partial charge in [-0.1, -0.05) is 13.3 Å². The summed E-state index contributed by atoms with van der Waals surface area (Å²) in [6.45, 7) is 3.13. The van der Waals surface area contributed by atoms with E-state index < -0.39 is 10.0 Å². The molecule has 3 heterocycles. The van der Waals surface area contributed by atoms with Gasteiger partial charge in [0.2, 0.25) is 11.0 Å². The quantitative estimate of drug-likeness (QED) is 0.841. The Hall–Kier alpha value is -1.67. The van der Waals surface area contributed by atoms with Crippen LogP contribution >= 0.6 is 0 Å². The van der Waals surface area contributed by atoms with Crippen molar-refractivity contribution in [3.63, 3.8) is 0 Å². The molecule has 8 heteroatoms. The van der Waals surface area contributed by atoms with Gasteiger partial charge in [-0.05, 0) is 43.7 Å². The molecule has 0 aromatic carbocycles. The molecule has 0 radical (unpaired) electrons. The van der Waals surface area contributed by atoms with Gasteiger partial charge in [0, 0.05) is 19.0 Å². The van der Waals surface area contributed by atoms with Crippen LogP contribution in [0.5, 0.6) is 0 Å². The van der Waals surface area contributed by atoms with E-state index in [1.165, 1.54) is 16.8 Å². The Morgan fingerprint density at radius 2 is 1.96 bits per heavy atom. The molecule has 0 N–H and O–H groups in total. The zero-order chi connectivity index (χ0) is 16.7. The first-order valence-corrected chi connectivity index (χ1v) is 9.92. The smallest absolute Gasteiger partial charge is 0.283 e. The number of hydrogen-bond donors (Lipinski definition) is 0. The Bertz CT molecular complexity index is 822. The molecule has 4 rings (SSSR count). The molecule has 0 spiro atoms. The van der Waals surface area contributed by atoms with Crippen molar-refractivity contribution in [1.82, 2.24) is 14.5 Å². The van der Waals surface area contributed by atoms with Crippen LogP contribution in [0.4, 0.5) is 0 Å². The highest BCUT2D eigenvalue weighted by atomic mass is 32.2. The van der Waals surface area contributed by atoms with Gasteiger partial charge in [0.05, 0.1) is 0 Å². The summed E-state index contributed by atoms with van der Waals surface area (Å²) in [5.74, 6) is 1.85. The maximum Gasteiger partial charge on any atom is 0.283 e. The van der Waals surface area contributed by atoms with Gasteiger partial charge in [-0.2, -0.15) is 4.31 Å². The van der Waals surface area contributed by atoms with Crippen molar-refractivity contribution in [3.8, 4) is 11.7 Å². The molecule has 0 unspecified atom stereocenters. The van der Waals surface area contributed by atoms with Crippen molar-refractivity contribution in [2.45, 2.75) is 50.0 Å². The van der Waals surface area contributed by atoms with E-state index >= 15 is 0 Å². The average molecular weight is 351 g/mol. The Morgan fingerprint density at radius 1 is 1.12 bits per heavy atom. The van der Waals surface area contributed by atoms with Crippen molar-refractivity contribution in [2.24, 2.45) is 5.92 Å². The molecular weight excluding hydrogens is 330 g/mol. The summed E-state index contributed by atoms with van der Waals surface area (Å²) in [6.07, 6.45) is 5.24. The first-order valence-electron chi connectivity index (χ1n) is 8.48. The largest absolute Gasteiger partial charge is 0.438 e. The van der Waals surface area contributed by atoms with Gasteiger partial charge in [-0.15, -0.1) is 10.2 Å². The lowest BCUT2D eigenvalue weighted by Crippen LogP contribution is -2.38. The number of piperidine rings is 1. The summed E-state index contributed by atoms with van der Waals surface area (Å²) in [6, 6.07) is 3.05. The highest BCUT2D eigenvalue weighted by Gasteiger charge is 2.32. The number of nitrogens with zero attached hydrogens (tertiary/aromatic N) is 3. The van der Waals surface area contributed by atoms with Gasteiger partial charge in [-0.3, -0.25) is 0 Å². The third-order valence-corrected chi connectivity index (χ3v) is 6.64. The fourth-order valence-electron chi connectivity index (χ4n) is 3.22. The van der Waals surface area contributed by atoms with E-state index in [4.69, 9.17) is 8.83 Å². The molecule has 1 aliphatic carbocycles. The number of sulfonamides is 1. The van der Waals surface area contributed by atoms with Crippen molar-refractivity contribution in [3.05, 3.63) is 18.0 Å². The standard InChI is InChI=1S/C16H21N3O4S/c1-11-4-3-9-19(10-11)24(20,21)14-8-7-13(22-14)16-18-17-15(23-16)12-5-2-6-12/h7-8,11-12H,2-6,9-10H2,1H3/t11-/m1/s1. The number of hydrogen-bond acceptors (Lipinski definition) is 6. The van der Waals surface area contributed by atoms with Crippen LogP contribution in [-0.4, -0.2) is 36.0 Å². The normalized spacial score (nSPS) is 23.3.